The summed E-state index contributed by atoms with van der Waals surface area (Å²) in [6.07, 6.45) is 8.64. The van der Waals surface area contributed by atoms with Gasteiger partial charge in [0.05, 0.1) is 10.9 Å². The van der Waals surface area contributed by atoms with Gasteiger partial charge in [-0.3, -0.25) is 9.88 Å². The summed E-state index contributed by atoms with van der Waals surface area (Å²) < 4.78 is 29.3. The molecule has 2 atom stereocenters. The number of ether oxygens (including phenoxy) is 1. The van der Waals surface area contributed by atoms with Crippen molar-refractivity contribution in [1.82, 2.24) is 25.2 Å². The fourth-order valence-corrected chi connectivity index (χ4v) is 8.08. The Hall–Kier alpha value is -3.82. The van der Waals surface area contributed by atoms with Crippen LogP contribution in [0.5, 0.6) is 6.01 Å². The van der Waals surface area contributed by atoms with Gasteiger partial charge in [-0.15, -0.1) is 0 Å². The number of nitrogens with zero attached hydrogens (tertiary/aromatic N) is 5. The van der Waals surface area contributed by atoms with E-state index in [1.54, 1.807) is 6.20 Å². The summed E-state index contributed by atoms with van der Waals surface area (Å²) in [5.74, 6) is 0.231. The smallest absolute Gasteiger partial charge is 0.319 e. The van der Waals surface area contributed by atoms with Crippen LogP contribution in [-0.4, -0.2) is 70.3 Å². The molecule has 3 aromatic heterocycles. The lowest BCUT2D eigenvalue weighted by Crippen LogP contribution is -2.51. The van der Waals surface area contributed by atoms with Gasteiger partial charge >= 0.3 is 6.01 Å². The highest BCUT2D eigenvalue weighted by atomic mass is 19.1. The molecule has 0 aliphatic carbocycles. The van der Waals surface area contributed by atoms with E-state index in [4.69, 9.17) is 19.1 Å². The molecule has 0 spiro atoms. The third-order valence-electron chi connectivity index (χ3n) is 10.1. The van der Waals surface area contributed by atoms with Crippen molar-refractivity contribution in [2.24, 2.45) is 0 Å². The summed E-state index contributed by atoms with van der Waals surface area (Å²) in [5, 5.41) is 6.23. The molecular formula is C33H33FN6O2. The van der Waals surface area contributed by atoms with Crippen molar-refractivity contribution in [1.29, 1.82) is 0 Å². The third-order valence-corrected chi connectivity index (χ3v) is 10.1. The van der Waals surface area contributed by atoms with Crippen molar-refractivity contribution in [3.63, 3.8) is 0 Å². The minimum Gasteiger partial charge on any atom is -0.461 e. The highest BCUT2D eigenvalue weighted by molar-refractivity contribution is 6.09. The Bertz CT molecular complexity index is 1830. The molecular weight excluding hydrogens is 531 g/mol. The lowest BCUT2D eigenvalue weighted by molar-refractivity contribution is 0.108. The fourth-order valence-electron chi connectivity index (χ4n) is 8.08. The number of para-hydroxylation sites is 2. The van der Waals surface area contributed by atoms with E-state index in [-0.39, 0.29) is 22.8 Å². The van der Waals surface area contributed by atoms with Gasteiger partial charge < -0.3 is 19.4 Å². The topological polar surface area (TPSA) is 79.5 Å². The molecule has 1 N–H and O–H groups in total. The molecule has 42 heavy (non-hydrogen) atoms. The number of benzene rings is 2. The van der Waals surface area contributed by atoms with Gasteiger partial charge in [0.15, 0.2) is 5.82 Å². The number of anilines is 1. The molecule has 0 saturated carbocycles. The molecule has 5 aromatic rings. The molecule has 4 fully saturated rings. The zero-order valence-corrected chi connectivity index (χ0v) is 23.5. The summed E-state index contributed by atoms with van der Waals surface area (Å²) in [6, 6.07) is 14.7. The average molecular weight is 565 g/mol. The van der Waals surface area contributed by atoms with E-state index in [9.17, 15) is 0 Å². The van der Waals surface area contributed by atoms with Gasteiger partial charge in [-0.1, -0.05) is 30.3 Å². The molecule has 214 valence electrons. The van der Waals surface area contributed by atoms with E-state index in [2.05, 4.69) is 20.1 Å². The van der Waals surface area contributed by atoms with Gasteiger partial charge in [-0.2, -0.15) is 9.97 Å². The first-order valence-corrected chi connectivity index (χ1v) is 15.3. The van der Waals surface area contributed by atoms with Crippen LogP contribution in [0.15, 0.2) is 53.1 Å². The van der Waals surface area contributed by atoms with Crippen molar-refractivity contribution in [2.45, 2.75) is 56.1 Å². The molecule has 8 nitrogen and oxygen atoms in total. The molecule has 4 aliphatic rings. The molecule has 4 saturated heterocycles. The van der Waals surface area contributed by atoms with Crippen LogP contribution < -0.4 is 15.0 Å². The van der Waals surface area contributed by atoms with Crippen LogP contribution in [0.1, 0.15) is 38.5 Å². The first kappa shape index (κ1) is 24.7. The number of halogens is 1. The van der Waals surface area contributed by atoms with E-state index in [1.807, 2.05) is 42.5 Å². The number of fused-ring (bicyclic) bond motifs is 7. The second kappa shape index (κ2) is 9.34. The SMILES string of the molecule is Fc1c(-c2cccc3c2oc2ccccc23)ncc2c(N3CC4CCC(C3)N4)nc(OCC34CCCN3CCC4)nc12. The van der Waals surface area contributed by atoms with Crippen LogP contribution in [-0.2, 0) is 0 Å². The summed E-state index contributed by atoms with van der Waals surface area (Å²) >= 11 is 0. The first-order chi connectivity index (χ1) is 20.6. The highest BCUT2D eigenvalue weighted by Gasteiger charge is 2.45. The molecule has 9 heteroatoms. The van der Waals surface area contributed by atoms with Crippen LogP contribution in [0.3, 0.4) is 0 Å². The quantitative estimate of drug-likeness (QED) is 0.292. The van der Waals surface area contributed by atoms with E-state index < -0.39 is 5.82 Å². The number of hydrogen-bond acceptors (Lipinski definition) is 8. The van der Waals surface area contributed by atoms with Gasteiger partial charge in [0.1, 0.15) is 34.8 Å². The number of aromatic nitrogens is 3. The van der Waals surface area contributed by atoms with Crippen LogP contribution in [0.4, 0.5) is 10.2 Å². The maximum atomic E-state index is 16.7. The molecule has 2 bridgehead atoms. The van der Waals surface area contributed by atoms with Gasteiger partial charge in [-0.05, 0) is 63.7 Å². The number of nitrogens with one attached hydrogen (secondary N) is 1. The molecule has 4 aliphatic heterocycles. The van der Waals surface area contributed by atoms with Crippen LogP contribution in [0, 0.1) is 5.82 Å². The number of piperazine rings is 1. The van der Waals surface area contributed by atoms with Crippen molar-refractivity contribution >= 4 is 38.7 Å². The monoisotopic (exact) mass is 564 g/mol. The molecule has 0 amide bonds. The number of pyridine rings is 1. The minimum atomic E-state index is -0.478. The van der Waals surface area contributed by atoms with Crippen molar-refractivity contribution in [2.75, 3.05) is 37.7 Å². The van der Waals surface area contributed by atoms with E-state index in [1.165, 1.54) is 12.8 Å². The first-order valence-electron chi connectivity index (χ1n) is 15.3. The maximum absolute atomic E-state index is 16.7. The summed E-state index contributed by atoms with van der Waals surface area (Å²) in [4.78, 5) is 19.2. The molecule has 0 radical (unpaired) electrons. The largest absolute Gasteiger partial charge is 0.461 e. The Labute approximate surface area is 242 Å². The van der Waals surface area contributed by atoms with Gasteiger partial charge in [-0.25, -0.2) is 4.39 Å². The number of rotatable bonds is 5. The number of furan rings is 1. The summed E-state index contributed by atoms with van der Waals surface area (Å²) in [7, 11) is 0. The second-order valence-electron chi connectivity index (χ2n) is 12.5. The highest BCUT2D eigenvalue weighted by Crippen LogP contribution is 2.41. The Kier molecular flexibility index (Phi) is 5.50. The predicted molar refractivity (Wildman–Crippen MR) is 160 cm³/mol. The van der Waals surface area contributed by atoms with Gasteiger partial charge in [0.25, 0.3) is 0 Å². The fraction of sp³-hybridized carbons (Fsp3) is 0.424. The zero-order chi connectivity index (χ0) is 27.8. The van der Waals surface area contributed by atoms with Crippen LogP contribution >= 0.6 is 0 Å². The van der Waals surface area contributed by atoms with Crippen LogP contribution in [0.25, 0.3) is 44.1 Å². The Morgan fingerprint density at radius 1 is 0.952 bits per heavy atom. The minimum absolute atomic E-state index is 0.0471. The number of hydrogen-bond donors (Lipinski definition) is 1. The molecule has 9 rings (SSSR count). The van der Waals surface area contributed by atoms with E-state index in [0.29, 0.717) is 41.0 Å². The average Bonchev–Trinajstić information content (AvgIpc) is 3.78. The normalized spacial score (nSPS) is 23.4. The van der Waals surface area contributed by atoms with E-state index in [0.717, 1.165) is 68.2 Å². The Balaban J connectivity index is 1.18. The summed E-state index contributed by atoms with van der Waals surface area (Å²) in [6.45, 7) is 4.41. The van der Waals surface area contributed by atoms with Gasteiger partial charge in [0.2, 0.25) is 0 Å². The van der Waals surface area contributed by atoms with Crippen molar-refractivity contribution in [3.05, 3.63) is 54.5 Å². The second-order valence-corrected chi connectivity index (χ2v) is 12.5. The van der Waals surface area contributed by atoms with Crippen molar-refractivity contribution in [3.8, 4) is 17.3 Å². The Morgan fingerprint density at radius 2 is 1.74 bits per heavy atom. The van der Waals surface area contributed by atoms with Crippen molar-refractivity contribution < 1.29 is 13.5 Å². The molecule has 2 unspecified atom stereocenters. The van der Waals surface area contributed by atoms with Gasteiger partial charge in [0, 0.05) is 47.7 Å². The molecule has 2 aromatic carbocycles. The predicted octanol–water partition coefficient (Wildman–Crippen LogP) is 5.68. The third kappa shape index (κ3) is 3.76. The lowest BCUT2D eigenvalue weighted by atomic mass is 9.95. The maximum Gasteiger partial charge on any atom is 0.319 e. The summed E-state index contributed by atoms with van der Waals surface area (Å²) in [5.41, 5.74) is 2.51. The zero-order valence-electron chi connectivity index (χ0n) is 23.5. The molecule has 7 heterocycles. The lowest BCUT2D eigenvalue weighted by Gasteiger charge is -2.34. The standard InChI is InChI=1S/C33H33FN6O2/c34-27-28(24-8-3-7-23-22-6-1-2-9-26(22)42-30(23)24)35-16-25-29(27)37-32(41-19-33-12-4-14-40(33)15-5-13-33)38-31(25)39-17-20-10-11-21(18-39)36-20/h1-3,6-9,16,20-21,36H,4-5,10-15,17-19H2. The van der Waals surface area contributed by atoms with Crippen LogP contribution in [0.2, 0.25) is 0 Å². The van der Waals surface area contributed by atoms with E-state index >= 15 is 4.39 Å². The Morgan fingerprint density at radius 3 is 2.57 bits per heavy atom.